The summed E-state index contributed by atoms with van der Waals surface area (Å²) in [5.41, 5.74) is 1.23. The minimum absolute atomic E-state index is 0.289. The molecule has 1 aliphatic rings. The highest BCUT2D eigenvalue weighted by Gasteiger charge is 2.36. The second-order valence-corrected chi connectivity index (χ2v) is 6.18. The molecule has 10 heteroatoms. The standard InChI is InChI=1S/C14H13F3N6S/c15-14(16,17)12-20-21-13(24-12)23-5-1-4-22(6-7-23)11-2-3-19-10(8-11)9-18/h2-3,8H,1,4-7H2. The first-order valence-corrected chi connectivity index (χ1v) is 8.06. The highest BCUT2D eigenvalue weighted by molar-refractivity contribution is 7.15. The van der Waals surface area contributed by atoms with Crippen molar-refractivity contribution in [2.75, 3.05) is 36.0 Å². The molecule has 24 heavy (non-hydrogen) atoms. The first kappa shape index (κ1) is 16.4. The SMILES string of the molecule is N#Cc1cc(N2CCCN(c3nnc(C(F)(F)F)s3)CC2)ccn1. The molecule has 0 unspecified atom stereocenters. The summed E-state index contributed by atoms with van der Waals surface area (Å²) in [6.07, 6.45) is -2.11. The van der Waals surface area contributed by atoms with Crippen molar-refractivity contribution in [3.05, 3.63) is 29.0 Å². The molecule has 0 aliphatic carbocycles. The molecule has 3 heterocycles. The molecular formula is C14H13F3N6S. The number of anilines is 2. The van der Waals surface area contributed by atoms with E-state index < -0.39 is 11.2 Å². The summed E-state index contributed by atoms with van der Waals surface area (Å²) in [7, 11) is 0. The second kappa shape index (κ2) is 6.60. The predicted octanol–water partition coefficient (Wildman–Crippen LogP) is 2.54. The minimum Gasteiger partial charge on any atom is -0.370 e. The van der Waals surface area contributed by atoms with Gasteiger partial charge in [-0.05, 0) is 18.6 Å². The highest BCUT2D eigenvalue weighted by Crippen LogP contribution is 2.34. The Kier molecular flexibility index (Phi) is 4.53. The van der Waals surface area contributed by atoms with Gasteiger partial charge >= 0.3 is 6.18 Å². The van der Waals surface area contributed by atoms with Gasteiger partial charge in [0.05, 0.1) is 0 Å². The Morgan fingerprint density at radius 3 is 2.58 bits per heavy atom. The number of hydrogen-bond acceptors (Lipinski definition) is 7. The average Bonchev–Trinajstić information content (AvgIpc) is 2.94. The lowest BCUT2D eigenvalue weighted by Gasteiger charge is -2.23. The van der Waals surface area contributed by atoms with Crippen LogP contribution in [0.25, 0.3) is 0 Å². The van der Waals surface area contributed by atoms with Crippen LogP contribution in [0.2, 0.25) is 0 Å². The van der Waals surface area contributed by atoms with Crippen molar-refractivity contribution in [3.63, 3.8) is 0 Å². The molecule has 0 saturated carbocycles. The fraction of sp³-hybridized carbons (Fsp3) is 0.429. The molecule has 0 radical (unpaired) electrons. The summed E-state index contributed by atoms with van der Waals surface area (Å²) < 4.78 is 38.0. The maximum absolute atomic E-state index is 12.7. The van der Waals surface area contributed by atoms with Gasteiger partial charge in [0.25, 0.3) is 0 Å². The maximum atomic E-state index is 12.7. The Balaban J connectivity index is 1.71. The van der Waals surface area contributed by atoms with Gasteiger partial charge in [-0.2, -0.15) is 18.4 Å². The second-order valence-electron chi connectivity index (χ2n) is 5.23. The first-order chi connectivity index (χ1) is 11.5. The van der Waals surface area contributed by atoms with E-state index in [9.17, 15) is 13.2 Å². The topological polar surface area (TPSA) is 68.9 Å². The average molecular weight is 354 g/mol. The molecule has 0 atom stereocenters. The number of rotatable bonds is 2. The van der Waals surface area contributed by atoms with E-state index in [0.717, 1.165) is 18.7 Å². The van der Waals surface area contributed by atoms with Crippen molar-refractivity contribution in [2.45, 2.75) is 12.6 Å². The first-order valence-electron chi connectivity index (χ1n) is 7.24. The van der Waals surface area contributed by atoms with Crippen molar-refractivity contribution >= 4 is 22.2 Å². The summed E-state index contributed by atoms with van der Waals surface area (Å²) in [5, 5.41) is 15.2. The van der Waals surface area contributed by atoms with Gasteiger partial charge in [-0.1, -0.05) is 11.3 Å². The Hall–Kier alpha value is -2.41. The molecule has 0 N–H and O–H groups in total. The third kappa shape index (κ3) is 3.56. The zero-order valence-electron chi connectivity index (χ0n) is 12.5. The van der Waals surface area contributed by atoms with E-state index in [-0.39, 0.29) is 5.13 Å². The lowest BCUT2D eigenvalue weighted by atomic mass is 10.3. The van der Waals surface area contributed by atoms with Gasteiger partial charge in [-0.3, -0.25) is 0 Å². The number of pyridine rings is 1. The van der Waals surface area contributed by atoms with Crippen molar-refractivity contribution in [1.82, 2.24) is 15.2 Å². The van der Waals surface area contributed by atoms with Crippen molar-refractivity contribution < 1.29 is 13.2 Å². The van der Waals surface area contributed by atoms with Crippen molar-refractivity contribution in [3.8, 4) is 6.07 Å². The molecule has 1 fully saturated rings. The van der Waals surface area contributed by atoms with Gasteiger partial charge in [-0.15, -0.1) is 10.2 Å². The van der Waals surface area contributed by atoms with E-state index in [0.29, 0.717) is 36.7 Å². The van der Waals surface area contributed by atoms with E-state index in [1.165, 1.54) is 0 Å². The number of aromatic nitrogens is 3. The maximum Gasteiger partial charge on any atom is 0.445 e. The molecule has 0 amide bonds. The fourth-order valence-electron chi connectivity index (χ4n) is 2.50. The van der Waals surface area contributed by atoms with E-state index in [2.05, 4.69) is 20.1 Å². The number of alkyl halides is 3. The van der Waals surface area contributed by atoms with Gasteiger partial charge in [0, 0.05) is 38.1 Å². The number of hydrogen-bond donors (Lipinski definition) is 0. The van der Waals surface area contributed by atoms with E-state index >= 15 is 0 Å². The number of halogens is 3. The molecule has 6 nitrogen and oxygen atoms in total. The Bertz CT molecular complexity index is 753. The number of nitrogens with zero attached hydrogens (tertiary/aromatic N) is 6. The van der Waals surface area contributed by atoms with Crippen LogP contribution < -0.4 is 9.80 Å². The summed E-state index contributed by atoms with van der Waals surface area (Å²) in [5.74, 6) is 0. The van der Waals surface area contributed by atoms with E-state index in [1.807, 2.05) is 17.0 Å². The summed E-state index contributed by atoms with van der Waals surface area (Å²) in [6, 6.07) is 5.54. The van der Waals surface area contributed by atoms with Gasteiger partial charge < -0.3 is 9.80 Å². The zero-order valence-corrected chi connectivity index (χ0v) is 13.3. The molecule has 1 saturated heterocycles. The third-order valence-electron chi connectivity index (χ3n) is 3.65. The van der Waals surface area contributed by atoms with Crippen LogP contribution in [0.1, 0.15) is 17.1 Å². The van der Waals surface area contributed by atoms with Crippen molar-refractivity contribution in [2.24, 2.45) is 0 Å². The van der Waals surface area contributed by atoms with Crippen LogP contribution in [0.3, 0.4) is 0 Å². The summed E-state index contributed by atoms with van der Waals surface area (Å²) >= 11 is 0.566. The highest BCUT2D eigenvalue weighted by atomic mass is 32.1. The van der Waals surface area contributed by atoms with Gasteiger partial charge in [-0.25, -0.2) is 4.98 Å². The zero-order chi connectivity index (χ0) is 17.2. The molecule has 126 valence electrons. The normalized spacial score (nSPS) is 15.9. The predicted molar refractivity (Wildman–Crippen MR) is 82.9 cm³/mol. The van der Waals surface area contributed by atoms with Gasteiger partial charge in [0.15, 0.2) is 0 Å². The summed E-state index contributed by atoms with van der Waals surface area (Å²) in [4.78, 5) is 7.85. The van der Waals surface area contributed by atoms with Crippen LogP contribution in [0, 0.1) is 11.3 Å². The van der Waals surface area contributed by atoms with Crippen LogP contribution in [0.15, 0.2) is 18.3 Å². The molecule has 2 aromatic heterocycles. The van der Waals surface area contributed by atoms with E-state index in [1.54, 1.807) is 12.3 Å². The Morgan fingerprint density at radius 2 is 1.88 bits per heavy atom. The molecule has 0 aromatic carbocycles. The molecule has 2 aromatic rings. The molecule has 0 bridgehead atoms. The van der Waals surface area contributed by atoms with Crippen LogP contribution in [-0.4, -0.2) is 41.4 Å². The lowest BCUT2D eigenvalue weighted by molar-refractivity contribution is -0.138. The number of nitriles is 1. The largest absolute Gasteiger partial charge is 0.445 e. The van der Waals surface area contributed by atoms with Crippen LogP contribution >= 0.6 is 11.3 Å². The fourth-order valence-corrected chi connectivity index (χ4v) is 3.27. The quantitative estimate of drug-likeness (QED) is 0.826. The molecule has 0 spiro atoms. The molecule has 3 rings (SSSR count). The lowest BCUT2D eigenvalue weighted by Crippen LogP contribution is -2.30. The monoisotopic (exact) mass is 354 g/mol. The smallest absolute Gasteiger partial charge is 0.370 e. The van der Waals surface area contributed by atoms with E-state index in [4.69, 9.17) is 5.26 Å². The van der Waals surface area contributed by atoms with Gasteiger partial charge in [0.1, 0.15) is 11.8 Å². The van der Waals surface area contributed by atoms with Gasteiger partial charge in [0.2, 0.25) is 10.1 Å². The van der Waals surface area contributed by atoms with Crippen molar-refractivity contribution in [1.29, 1.82) is 5.26 Å². The van der Waals surface area contributed by atoms with Crippen LogP contribution in [-0.2, 0) is 6.18 Å². The Morgan fingerprint density at radius 1 is 1.12 bits per heavy atom. The minimum atomic E-state index is -4.46. The Labute approximate surface area is 140 Å². The van der Waals surface area contributed by atoms with Crippen LogP contribution in [0.4, 0.5) is 24.0 Å². The molecule has 1 aliphatic heterocycles. The third-order valence-corrected chi connectivity index (χ3v) is 4.68. The van der Waals surface area contributed by atoms with Crippen LogP contribution in [0.5, 0.6) is 0 Å². The summed E-state index contributed by atoms with van der Waals surface area (Å²) in [6.45, 7) is 2.52. The molecular weight excluding hydrogens is 341 g/mol.